The van der Waals surface area contributed by atoms with Gasteiger partial charge in [0.2, 0.25) is 0 Å². The summed E-state index contributed by atoms with van der Waals surface area (Å²) in [5.41, 5.74) is 5.37. The molecule has 0 saturated carbocycles. The fourth-order valence-corrected chi connectivity index (χ4v) is 4.68. The molecule has 0 fully saturated rings. The summed E-state index contributed by atoms with van der Waals surface area (Å²) in [6.45, 7) is 0.300. The minimum atomic E-state index is -1.20. The van der Waals surface area contributed by atoms with Crippen molar-refractivity contribution in [3.05, 3.63) is 95.1 Å². The SMILES string of the molecule is COC(=O)CCC(=O)c1ccc(C(O)C(O)CCNC(=O)OCC2c3ccccc3-c3ccccc32)cc1. The number of carbonyl (C=O) groups is 3. The van der Waals surface area contributed by atoms with Gasteiger partial charge in [0.15, 0.2) is 5.78 Å². The predicted octanol–water partition coefficient (Wildman–Crippen LogP) is 4.15. The van der Waals surface area contributed by atoms with Gasteiger partial charge in [-0.15, -0.1) is 0 Å². The van der Waals surface area contributed by atoms with Crippen LogP contribution in [0.3, 0.4) is 0 Å². The summed E-state index contributed by atoms with van der Waals surface area (Å²) in [5.74, 6) is -0.722. The summed E-state index contributed by atoms with van der Waals surface area (Å²) < 4.78 is 10.0. The van der Waals surface area contributed by atoms with Crippen molar-refractivity contribution in [2.45, 2.75) is 37.4 Å². The molecule has 8 nitrogen and oxygen atoms in total. The lowest BCUT2D eigenvalue weighted by atomic mass is 9.98. The summed E-state index contributed by atoms with van der Waals surface area (Å²) in [7, 11) is 1.27. The lowest BCUT2D eigenvalue weighted by Gasteiger charge is -2.19. The van der Waals surface area contributed by atoms with Gasteiger partial charge in [0.1, 0.15) is 12.7 Å². The van der Waals surface area contributed by atoms with E-state index in [0.29, 0.717) is 11.1 Å². The van der Waals surface area contributed by atoms with E-state index in [-0.39, 0.29) is 44.1 Å². The van der Waals surface area contributed by atoms with E-state index in [9.17, 15) is 24.6 Å². The first-order chi connectivity index (χ1) is 18.4. The van der Waals surface area contributed by atoms with Gasteiger partial charge in [-0.2, -0.15) is 0 Å². The van der Waals surface area contributed by atoms with Crippen molar-refractivity contribution in [3.63, 3.8) is 0 Å². The van der Waals surface area contributed by atoms with Crippen LogP contribution in [0.25, 0.3) is 11.1 Å². The van der Waals surface area contributed by atoms with E-state index in [4.69, 9.17) is 4.74 Å². The van der Waals surface area contributed by atoms with Gasteiger partial charge in [0.05, 0.1) is 19.6 Å². The molecule has 0 saturated heterocycles. The van der Waals surface area contributed by atoms with Crippen LogP contribution in [0.15, 0.2) is 72.8 Å². The Hall–Kier alpha value is -4.01. The van der Waals surface area contributed by atoms with Crippen molar-refractivity contribution in [2.75, 3.05) is 20.3 Å². The normalized spacial score (nSPS) is 13.7. The smallest absolute Gasteiger partial charge is 0.407 e. The Balaban J connectivity index is 1.22. The molecule has 0 heterocycles. The highest BCUT2D eigenvalue weighted by atomic mass is 16.5. The average molecular weight is 518 g/mol. The lowest BCUT2D eigenvalue weighted by Crippen LogP contribution is -2.30. The van der Waals surface area contributed by atoms with Crippen LogP contribution in [-0.2, 0) is 14.3 Å². The van der Waals surface area contributed by atoms with Crippen LogP contribution >= 0.6 is 0 Å². The second-order valence-electron chi connectivity index (χ2n) is 9.17. The zero-order chi connectivity index (χ0) is 27.1. The average Bonchev–Trinajstić information content (AvgIpc) is 3.27. The summed E-state index contributed by atoms with van der Waals surface area (Å²) in [6, 6.07) is 22.3. The van der Waals surface area contributed by atoms with Gasteiger partial charge in [0, 0.05) is 24.4 Å². The zero-order valence-electron chi connectivity index (χ0n) is 21.1. The largest absolute Gasteiger partial charge is 0.469 e. The van der Waals surface area contributed by atoms with Crippen molar-refractivity contribution in [2.24, 2.45) is 0 Å². The summed E-state index contributed by atoms with van der Waals surface area (Å²) >= 11 is 0. The molecule has 0 aliphatic heterocycles. The Bertz CT molecular complexity index is 1240. The molecule has 1 amide bonds. The number of alkyl carbamates (subject to hydrolysis) is 1. The van der Waals surface area contributed by atoms with Gasteiger partial charge in [-0.25, -0.2) is 4.79 Å². The van der Waals surface area contributed by atoms with Gasteiger partial charge in [-0.3, -0.25) is 9.59 Å². The Morgan fingerprint density at radius 2 is 1.47 bits per heavy atom. The van der Waals surface area contributed by atoms with Gasteiger partial charge in [-0.05, 0) is 34.2 Å². The number of esters is 1. The van der Waals surface area contributed by atoms with E-state index >= 15 is 0 Å². The Morgan fingerprint density at radius 3 is 2.08 bits per heavy atom. The highest BCUT2D eigenvalue weighted by Crippen LogP contribution is 2.44. The van der Waals surface area contributed by atoms with Crippen molar-refractivity contribution in [1.29, 1.82) is 0 Å². The maximum absolute atomic E-state index is 12.3. The quantitative estimate of drug-likeness (QED) is 0.258. The van der Waals surface area contributed by atoms with Gasteiger partial charge in [-0.1, -0.05) is 72.8 Å². The van der Waals surface area contributed by atoms with Crippen LogP contribution in [-0.4, -0.2) is 54.4 Å². The summed E-state index contributed by atoms with van der Waals surface area (Å²) in [5, 5.41) is 23.5. The molecule has 1 aliphatic rings. The van der Waals surface area contributed by atoms with Gasteiger partial charge in [0.25, 0.3) is 0 Å². The molecule has 0 bridgehead atoms. The number of amides is 1. The molecule has 1 aliphatic carbocycles. The maximum Gasteiger partial charge on any atom is 0.407 e. The van der Waals surface area contributed by atoms with E-state index in [1.165, 1.54) is 7.11 Å². The van der Waals surface area contributed by atoms with E-state index < -0.39 is 24.3 Å². The molecule has 4 rings (SSSR count). The minimum Gasteiger partial charge on any atom is -0.469 e. The number of methoxy groups -OCH3 is 1. The molecule has 3 N–H and O–H groups in total. The molecular formula is C30H31NO7. The standard InChI is InChI=1S/C30H31NO7/c1-37-28(34)15-14-26(32)19-10-12-20(13-11-19)29(35)27(33)16-17-31-30(36)38-18-25-23-8-4-2-6-21(23)22-7-3-5-9-24(22)25/h2-13,25,27,29,33,35H,14-18H2,1H3,(H,31,36). The highest BCUT2D eigenvalue weighted by molar-refractivity contribution is 5.97. The van der Waals surface area contributed by atoms with E-state index in [1.54, 1.807) is 24.3 Å². The fourth-order valence-electron chi connectivity index (χ4n) is 4.68. The maximum atomic E-state index is 12.3. The van der Waals surface area contributed by atoms with Gasteiger partial charge < -0.3 is 25.0 Å². The molecule has 2 atom stereocenters. The fraction of sp³-hybridized carbons (Fsp3) is 0.300. The van der Waals surface area contributed by atoms with Crippen LogP contribution in [0.1, 0.15) is 58.3 Å². The van der Waals surface area contributed by atoms with Gasteiger partial charge >= 0.3 is 12.1 Å². The number of ether oxygens (including phenoxy) is 2. The molecule has 3 aromatic rings. The Kier molecular flexibility index (Phi) is 8.89. The molecule has 38 heavy (non-hydrogen) atoms. The number of aliphatic hydroxyl groups is 2. The number of Topliss-reactive ketones (excluding diaryl/α,β-unsaturated/α-hetero) is 1. The topological polar surface area (TPSA) is 122 Å². The number of rotatable bonds is 11. The van der Waals surface area contributed by atoms with E-state index in [2.05, 4.69) is 22.2 Å². The van der Waals surface area contributed by atoms with Crippen molar-refractivity contribution < 1.29 is 34.1 Å². The highest BCUT2D eigenvalue weighted by Gasteiger charge is 2.29. The predicted molar refractivity (Wildman–Crippen MR) is 141 cm³/mol. The molecule has 3 aromatic carbocycles. The molecule has 0 spiro atoms. The van der Waals surface area contributed by atoms with Crippen LogP contribution in [0, 0.1) is 0 Å². The number of fused-ring (bicyclic) bond motifs is 3. The number of carbonyl (C=O) groups excluding carboxylic acids is 3. The first-order valence-corrected chi connectivity index (χ1v) is 12.5. The molecule has 198 valence electrons. The van der Waals surface area contributed by atoms with Crippen LogP contribution in [0.2, 0.25) is 0 Å². The third-order valence-corrected chi connectivity index (χ3v) is 6.78. The van der Waals surface area contributed by atoms with Crippen LogP contribution in [0.4, 0.5) is 4.79 Å². The third kappa shape index (κ3) is 6.27. The van der Waals surface area contributed by atoms with Crippen molar-refractivity contribution >= 4 is 17.8 Å². The van der Waals surface area contributed by atoms with E-state index in [1.807, 2.05) is 36.4 Å². The second kappa shape index (κ2) is 12.5. The molecule has 0 aromatic heterocycles. The number of benzene rings is 3. The number of aliphatic hydroxyl groups excluding tert-OH is 2. The Morgan fingerprint density at radius 1 is 0.868 bits per heavy atom. The number of nitrogens with one attached hydrogen (secondary N) is 1. The summed E-state index contributed by atoms with van der Waals surface area (Å²) in [4.78, 5) is 35.7. The first kappa shape index (κ1) is 27.0. The number of hydrogen-bond donors (Lipinski definition) is 3. The van der Waals surface area contributed by atoms with Crippen LogP contribution < -0.4 is 5.32 Å². The van der Waals surface area contributed by atoms with E-state index in [0.717, 1.165) is 22.3 Å². The van der Waals surface area contributed by atoms with Crippen molar-refractivity contribution in [3.8, 4) is 11.1 Å². The molecule has 0 radical (unpaired) electrons. The molecule has 2 unspecified atom stereocenters. The number of ketones is 1. The third-order valence-electron chi connectivity index (χ3n) is 6.78. The molecular weight excluding hydrogens is 486 g/mol. The summed E-state index contributed by atoms with van der Waals surface area (Å²) in [6.07, 6.45) is -2.80. The first-order valence-electron chi connectivity index (χ1n) is 12.5. The Labute approximate surface area is 221 Å². The van der Waals surface area contributed by atoms with Crippen molar-refractivity contribution in [1.82, 2.24) is 5.32 Å². The second-order valence-corrected chi connectivity index (χ2v) is 9.17. The number of hydrogen-bond acceptors (Lipinski definition) is 7. The molecule has 8 heteroatoms. The van der Waals surface area contributed by atoms with Crippen LogP contribution in [0.5, 0.6) is 0 Å². The monoisotopic (exact) mass is 517 g/mol. The zero-order valence-corrected chi connectivity index (χ0v) is 21.1. The minimum absolute atomic E-state index is 0.00486. The lowest BCUT2D eigenvalue weighted by molar-refractivity contribution is -0.140.